The van der Waals surface area contributed by atoms with Crippen LogP contribution in [0, 0.1) is 6.92 Å². The molecule has 0 bridgehead atoms. The fourth-order valence-corrected chi connectivity index (χ4v) is 14.3. The molecule has 0 aliphatic heterocycles. The van der Waals surface area contributed by atoms with Crippen LogP contribution in [-0.4, -0.2) is 54.7 Å². The predicted molar refractivity (Wildman–Crippen MR) is 264 cm³/mol. The van der Waals surface area contributed by atoms with Gasteiger partial charge < -0.3 is 18.6 Å². The van der Waals surface area contributed by atoms with E-state index in [1.165, 1.54) is 0 Å². The molecule has 0 saturated carbocycles. The largest absolute Gasteiger partial charge is 0.497 e. The summed E-state index contributed by atoms with van der Waals surface area (Å²) in [5.41, 5.74) is 4.15. The van der Waals surface area contributed by atoms with Gasteiger partial charge in [-0.2, -0.15) is 0 Å². The van der Waals surface area contributed by atoms with Gasteiger partial charge in [0.05, 0.1) is 59.6 Å². The van der Waals surface area contributed by atoms with Crippen LogP contribution in [0.4, 0.5) is 0 Å². The van der Waals surface area contributed by atoms with Crippen molar-refractivity contribution in [2.24, 2.45) is 0 Å². The Morgan fingerprint density at radius 1 is 0.823 bits per heavy atom. The van der Waals surface area contributed by atoms with E-state index in [9.17, 15) is 9.00 Å². The Balaban J connectivity index is 1.25. The number of ether oxygens (including phenoxy) is 3. The topological polar surface area (TPSA) is 83.9 Å². The van der Waals surface area contributed by atoms with Gasteiger partial charge in [-0.05, 0) is 76.7 Å². The average Bonchev–Trinajstić information content (AvgIpc) is 3.78. The molecule has 324 valence electrons. The van der Waals surface area contributed by atoms with Gasteiger partial charge >= 0.3 is 5.97 Å². The van der Waals surface area contributed by atoms with Crippen molar-refractivity contribution in [1.82, 2.24) is 4.98 Å². The molecular weight excluding hydrogens is 942 g/mol. The minimum Gasteiger partial charge on any atom is -0.497 e. The van der Waals surface area contributed by atoms with Crippen molar-refractivity contribution < 1.29 is 27.6 Å². The highest BCUT2D eigenvalue weighted by Crippen LogP contribution is 2.29. The van der Waals surface area contributed by atoms with Crippen molar-refractivity contribution in [3.63, 3.8) is 0 Å². The fraction of sp³-hybridized carbons (Fsp3) is 0.294. The number of esters is 1. The first-order valence-electron chi connectivity index (χ1n) is 21.0. The first-order chi connectivity index (χ1) is 30.1. The number of rotatable bonds is 22. The van der Waals surface area contributed by atoms with Crippen molar-refractivity contribution >= 4 is 74.6 Å². The number of aryl methyl sites for hydroxylation is 1. The van der Waals surface area contributed by atoms with E-state index >= 15 is 0 Å². The lowest BCUT2D eigenvalue weighted by Crippen LogP contribution is -2.69. The second kappa shape index (κ2) is 23.4. The molecule has 0 aliphatic carbocycles. The number of carbonyl (C=O) groups is 1. The molecule has 11 heteroatoms. The van der Waals surface area contributed by atoms with E-state index in [1.54, 1.807) is 18.4 Å². The summed E-state index contributed by atoms with van der Waals surface area (Å²) >= 11 is 3.80. The van der Waals surface area contributed by atoms with Crippen LogP contribution in [0.2, 0.25) is 0 Å². The number of halogens is 1. The highest BCUT2D eigenvalue weighted by Gasteiger charge is 2.42. The molecule has 62 heavy (non-hydrogen) atoms. The van der Waals surface area contributed by atoms with E-state index in [-0.39, 0.29) is 30.5 Å². The van der Waals surface area contributed by atoms with Crippen LogP contribution in [0.5, 0.6) is 5.75 Å². The second-order valence-corrected chi connectivity index (χ2v) is 22.5. The molecule has 0 N–H and O–H groups in total. The Kier molecular flexibility index (Phi) is 17.9. The van der Waals surface area contributed by atoms with Crippen molar-refractivity contribution in [2.75, 3.05) is 13.7 Å². The van der Waals surface area contributed by atoms with Gasteiger partial charge in [-0.3, -0.25) is 9.00 Å². The number of benzene rings is 5. The molecule has 1 aromatic heterocycles. The Hall–Kier alpha value is -4.24. The summed E-state index contributed by atoms with van der Waals surface area (Å²) in [5, 5.41) is 6.01. The normalized spacial score (nSPS) is 14.4. The third-order valence-corrected chi connectivity index (χ3v) is 18.5. The van der Waals surface area contributed by atoms with Crippen LogP contribution >= 0.6 is 33.9 Å². The van der Waals surface area contributed by atoms with Crippen molar-refractivity contribution in [3.8, 4) is 5.75 Å². The van der Waals surface area contributed by atoms with Crippen molar-refractivity contribution in [3.05, 3.63) is 176 Å². The van der Waals surface area contributed by atoms with Crippen LogP contribution < -0.4 is 20.3 Å². The molecule has 7 nitrogen and oxygen atoms in total. The van der Waals surface area contributed by atoms with E-state index in [4.69, 9.17) is 23.6 Å². The molecular formula is C51H56INO6S2Si. The van der Waals surface area contributed by atoms with Gasteiger partial charge in [0.15, 0.2) is 0 Å². The molecule has 1 heterocycles. The van der Waals surface area contributed by atoms with E-state index < -0.39 is 24.4 Å². The lowest BCUT2D eigenvalue weighted by atomic mass is 10.0. The summed E-state index contributed by atoms with van der Waals surface area (Å²) in [6.45, 7) is 8.74. The second-order valence-electron chi connectivity index (χ2n) is 15.8. The zero-order chi connectivity index (χ0) is 43.9. The van der Waals surface area contributed by atoms with Gasteiger partial charge in [0.2, 0.25) is 0 Å². The number of aromatic nitrogens is 1. The number of hydrogen-bond acceptors (Lipinski definition) is 8. The summed E-state index contributed by atoms with van der Waals surface area (Å²) in [6, 6.07) is 47.3. The first-order valence-corrected chi connectivity index (χ1v) is 26.2. The monoisotopic (exact) mass is 997 g/mol. The van der Waals surface area contributed by atoms with Crippen LogP contribution in [0.1, 0.15) is 67.8 Å². The molecule has 0 spiro atoms. The maximum Gasteiger partial charge on any atom is 0.307 e. The lowest BCUT2D eigenvalue weighted by Gasteiger charge is -2.34. The third-order valence-electron chi connectivity index (χ3n) is 10.8. The van der Waals surface area contributed by atoms with Crippen LogP contribution in [0.15, 0.2) is 159 Å². The molecule has 0 aliphatic rings. The predicted octanol–water partition coefficient (Wildman–Crippen LogP) is 9.99. The summed E-state index contributed by atoms with van der Waals surface area (Å²) in [5.74, 6) is 0.379. The Morgan fingerprint density at radius 3 is 1.95 bits per heavy atom. The minimum absolute atomic E-state index is 0.0493. The SMILES string of the molecule is COc1ccc(CO[C@H](CO[Si](c2ccccc2)(c2ccccc2)c2ccccc2)Cc2nc([C@@H](C)C[C@H](CC(=O)O[C@@H](C)C/C(C)=C/I)S(=O)c3ccc(C)cc3)cs2)cc1. The number of nitrogens with zero attached hydrogens (tertiary/aromatic N) is 1. The quantitative estimate of drug-likeness (QED) is 0.0290. The Bertz CT molecular complexity index is 2250. The molecule has 0 fully saturated rings. The zero-order valence-electron chi connectivity index (χ0n) is 36.1. The number of thiazole rings is 1. The highest BCUT2D eigenvalue weighted by atomic mass is 127. The van der Waals surface area contributed by atoms with E-state index in [2.05, 4.69) is 108 Å². The van der Waals surface area contributed by atoms with E-state index in [0.29, 0.717) is 37.4 Å². The lowest BCUT2D eigenvalue weighted by molar-refractivity contribution is -0.148. The standard InChI is InChI=1S/C51H56INO6S2Si/c1-37-21-27-44(28-22-37)61(55)45(32-51(54)59-40(4)29-38(2)33-52)30-39(3)49-36-60-50(53-49)31-43(57-34-41-23-25-42(56-5)26-24-41)35-58-62(46-15-9-6-10-16-46,47-17-11-7-12-18-47)48-19-13-8-14-20-48/h6-28,33,36,39-40,43,45H,29-32,34-35H2,1-5H3/b38-33+/t39-,40-,43-,45+,61?/m0/s1. The molecule has 5 atom stereocenters. The van der Waals surface area contributed by atoms with Crippen LogP contribution in [0.3, 0.4) is 0 Å². The summed E-state index contributed by atoms with van der Waals surface area (Å²) < 4.78 is 41.6. The molecule has 5 aromatic carbocycles. The fourth-order valence-electron chi connectivity index (χ4n) is 7.55. The molecule has 0 amide bonds. The smallest absolute Gasteiger partial charge is 0.307 e. The first kappa shape index (κ1) is 47.2. The zero-order valence-corrected chi connectivity index (χ0v) is 40.9. The van der Waals surface area contributed by atoms with Crippen molar-refractivity contribution in [2.45, 2.75) is 88.3 Å². The molecule has 6 rings (SSSR count). The van der Waals surface area contributed by atoms with Gasteiger partial charge in [0.1, 0.15) is 11.9 Å². The van der Waals surface area contributed by atoms with E-state index in [1.807, 2.05) is 91.6 Å². The Morgan fingerprint density at radius 2 is 1.40 bits per heavy atom. The third kappa shape index (κ3) is 12.9. The summed E-state index contributed by atoms with van der Waals surface area (Å²) in [6.07, 6.45) is 1.13. The number of methoxy groups -OCH3 is 1. The van der Waals surface area contributed by atoms with Gasteiger partial charge in [-0.15, -0.1) is 11.3 Å². The van der Waals surface area contributed by atoms with Crippen molar-refractivity contribution in [1.29, 1.82) is 0 Å². The average molecular weight is 998 g/mol. The van der Waals surface area contributed by atoms with Gasteiger partial charge in [-0.25, -0.2) is 4.98 Å². The minimum atomic E-state index is -3.02. The van der Waals surface area contributed by atoms with Crippen LogP contribution in [-0.2, 0) is 42.5 Å². The molecule has 0 radical (unpaired) electrons. The maximum atomic E-state index is 14.1. The maximum absolute atomic E-state index is 14.1. The molecule has 6 aromatic rings. The van der Waals surface area contributed by atoms with Gasteiger partial charge in [0.25, 0.3) is 8.32 Å². The highest BCUT2D eigenvalue weighted by molar-refractivity contribution is 14.1. The molecule has 0 saturated heterocycles. The van der Waals surface area contributed by atoms with E-state index in [0.717, 1.165) is 48.7 Å². The van der Waals surface area contributed by atoms with Gasteiger partial charge in [-0.1, -0.05) is 156 Å². The van der Waals surface area contributed by atoms with Crippen LogP contribution in [0.25, 0.3) is 0 Å². The number of hydrogen-bond donors (Lipinski definition) is 0. The van der Waals surface area contributed by atoms with Gasteiger partial charge in [0, 0.05) is 29.0 Å². The summed E-state index contributed by atoms with van der Waals surface area (Å²) in [7, 11) is -2.79. The number of carbonyl (C=O) groups excluding carboxylic acids is 1. The molecule has 1 unspecified atom stereocenters. The summed E-state index contributed by atoms with van der Waals surface area (Å²) in [4.78, 5) is 19.2. The Labute approximate surface area is 388 Å².